The van der Waals surface area contributed by atoms with E-state index in [9.17, 15) is 5.11 Å². The fourth-order valence-corrected chi connectivity index (χ4v) is 1.32. The number of phenolic OH excluding ortho intramolecular Hbond substituents is 1. The summed E-state index contributed by atoms with van der Waals surface area (Å²) in [6, 6.07) is 14.2. The summed E-state index contributed by atoms with van der Waals surface area (Å²) in [5.41, 5.74) is 1.15. The van der Waals surface area contributed by atoms with Gasteiger partial charge < -0.3 is 9.84 Å². The summed E-state index contributed by atoms with van der Waals surface area (Å²) in [7, 11) is 1.54. The van der Waals surface area contributed by atoms with E-state index in [0.717, 1.165) is 5.69 Å². The largest absolute Gasteiger partial charge is 0.505 e. The molecular formula is C15H18N2O2. The zero-order chi connectivity index (χ0) is 14.1. The predicted molar refractivity (Wildman–Crippen MR) is 76.6 cm³/mol. The minimum absolute atomic E-state index is 0.0454. The van der Waals surface area contributed by atoms with Gasteiger partial charge in [0.2, 0.25) is 0 Å². The van der Waals surface area contributed by atoms with Crippen LogP contribution in [0.4, 0.5) is 11.4 Å². The maximum absolute atomic E-state index is 9.67. The Kier molecular flexibility index (Phi) is 6.09. The molecular weight excluding hydrogens is 240 g/mol. The Bertz CT molecular complexity index is 525. The molecule has 2 rings (SSSR count). The van der Waals surface area contributed by atoms with Gasteiger partial charge in [-0.05, 0) is 24.3 Å². The Morgan fingerprint density at radius 3 is 2.21 bits per heavy atom. The van der Waals surface area contributed by atoms with Crippen LogP contribution in [0.3, 0.4) is 0 Å². The molecule has 4 heteroatoms. The first-order valence-electron chi connectivity index (χ1n) is 6.13. The lowest BCUT2D eigenvalue weighted by Gasteiger charge is -2.01. The van der Waals surface area contributed by atoms with E-state index in [2.05, 4.69) is 10.2 Å². The molecule has 0 aliphatic carbocycles. The Morgan fingerprint density at radius 2 is 1.63 bits per heavy atom. The highest BCUT2D eigenvalue weighted by atomic mass is 16.5. The average Bonchev–Trinajstić information content (AvgIpc) is 2.49. The van der Waals surface area contributed by atoms with Gasteiger partial charge in [0.05, 0.1) is 12.8 Å². The molecule has 0 aliphatic rings. The molecule has 0 spiro atoms. The van der Waals surface area contributed by atoms with Crippen LogP contribution in [0.15, 0.2) is 58.8 Å². The van der Waals surface area contributed by atoms with E-state index in [1.54, 1.807) is 19.2 Å². The van der Waals surface area contributed by atoms with Gasteiger partial charge in [0.15, 0.2) is 0 Å². The average molecular weight is 258 g/mol. The van der Waals surface area contributed by atoms with E-state index in [1.165, 1.54) is 6.07 Å². The van der Waals surface area contributed by atoms with Gasteiger partial charge in [-0.2, -0.15) is 5.11 Å². The van der Waals surface area contributed by atoms with Gasteiger partial charge in [-0.25, -0.2) is 0 Å². The maximum atomic E-state index is 9.67. The third-order valence-corrected chi connectivity index (χ3v) is 2.21. The fraction of sp³-hybridized carbons (Fsp3) is 0.200. The Morgan fingerprint density at radius 1 is 0.947 bits per heavy atom. The standard InChI is InChI=1S/C13H12N2O2.C2H6/c1-17-11-7-8-12(13(16)9-11)15-14-10-5-3-2-4-6-10;1-2/h2-9,16H,1H3;1-2H3. The Hall–Kier alpha value is -2.36. The van der Waals surface area contributed by atoms with Crippen LogP contribution in [0.5, 0.6) is 11.5 Å². The number of azo groups is 1. The number of methoxy groups -OCH3 is 1. The molecule has 0 aromatic heterocycles. The molecule has 0 unspecified atom stereocenters. The first-order chi connectivity index (χ1) is 9.29. The van der Waals surface area contributed by atoms with Crippen LogP contribution in [-0.4, -0.2) is 12.2 Å². The molecule has 2 aromatic carbocycles. The summed E-state index contributed by atoms with van der Waals surface area (Å²) in [6.45, 7) is 4.00. The van der Waals surface area contributed by atoms with Crippen LogP contribution in [0.2, 0.25) is 0 Å². The number of rotatable bonds is 3. The van der Waals surface area contributed by atoms with E-state index in [4.69, 9.17) is 4.74 Å². The predicted octanol–water partition coefficient (Wildman–Crippen LogP) is 4.84. The van der Waals surface area contributed by atoms with Crippen LogP contribution in [0.25, 0.3) is 0 Å². The van der Waals surface area contributed by atoms with Crippen molar-refractivity contribution in [1.82, 2.24) is 0 Å². The highest BCUT2D eigenvalue weighted by Gasteiger charge is 2.01. The van der Waals surface area contributed by atoms with Crippen LogP contribution in [-0.2, 0) is 0 Å². The van der Waals surface area contributed by atoms with Gasteiger partial charge in [0, 0.05) is 6.07 Å². The van der Waals surface area contributed by atoms with Crippen LogP contribution in [0.1, 0.15) is 13.8 Å². The van der Waals surface area contributed by atoms with E-state index in [-0.39, 0.29) is 5.75 Å². The number of benzene rings is 2. The van der Waals surface area contributed by atoms with Crippen molar-refractivity contribution in [3.05, 3.63) is 48.5 Å². The number of aromatic hydroxyl groups is 1. The molecule has 0 fully saturated rings. The van der Waals surface area contributed by atoms with Crippen molar-refractivity contribution >= 4 is 11.4 Å². The van der Waals surface area contributed by atoms with Crippen molar-refractivity contribution in [2.45, 2.75) is 13.8 Å². The van der Waals surface area contributed by atoms with Crippen molar-refractivity contribution < 1.29 is 9.84 Å². The van der Waals surface area contributed by atoms with Crippen LogP contribution in [0, 0.1) is 0 Å². The highest BCUT2D eigenvalue weighted by molar-refractivity contribution is 5.54. The Balaban J connectivity index is 0.000000861. The molecule has 0 amide bonds. The van der Waals surface area contributed by atoms with Crippen molar-refractivity contribution in [3.8, 4) is 11.5 Å². The van der Waals surface area contributed by atoms with E-state index >= 15 is 0 Å². The first-order valence-corrected chi connectivity index (χ1v) is 6.13. The molecule has 0 saturated carbocycles. The molecule has 0 saturated heterocycles. The lowest BCUT2D eigenvalue weighted by Crippen LogP contribution is -1.80. The maximum Gasteiger partial charge on any atom is 0.146 e. The molecule has 0 aliphatic heterocycles. The van der Waals surface area contributed by atoms with Crippen molar-refractivity contribution in [2.75, 3.05) is 7.11 Å². The normalized spacial score (nSPS) is 9.84. The third kappa shape index (κ3) is 4.43. The summed E-state index contributed by atoms with van der Waals surface area (Å²) in [6.07, 6.45) is 0. The van der Waals surface area contributed by atoms with E-state index < -0.39 is 0 Å². The number of hydrogen-bond donors (Lipinski definition) is 1. The second-order valence-corrected chi connectivity index (χ2v) is 3.39. The molecule has 0 atom stereocenters. The quantitative estimate of drug-likeness (QED) is 0.800. The van der Waals surface area contributed by atoms with E-state index in [0.29, 0.717) is 11.4 Å². The lowest BCUT2D eigenvalue weighted by molar-refractivity contribution is 0.408. The van der Waals surface area contributed by atoms with Gasteiger partial charge in [0.1, 0.15) is 17.2 Å². The molecule has 100 valence electrons. The summed E-state index contributed by atoms with van der Waals surface area (Å²) in [4.78, 5) is 0. The summed E-state index contributed by atoms with van der Waals surface area (Å²) >= 11 is 0. The SMILES string of the molecule is CC.COc1ccc(N=Nc2ccccc2)c(O)c1. The van der Waals surface area contributed by atoms with E-state index in [1.807, 2.05) is 44.2 Å². The molecule has 19 heavy (non-hydrogen) atoms. The summed E-state index contributed by atoms with van der Waals surface area (Å²) < 4.78 is 4.98. The number of hydrogen-bond acceptors (Lipinski definition) is 4. The minimum Gasteiger partial charge on any atom is -0.505 e. The lowest BCUT2D eigenvalue weighted by atomic mass is 10.3. The van der Waals surface area contributed by atoms with Crippen molar-refractivity contribution in [2.24, 2.45) is 10.2 Å². The minimum atomic E-state index is 0.0454. The smallest absolute Gasteiger partial charge is 0.146 e. The van der Waals surface area contributed by atoms with Gasteiger partial charge in [-0.3, -0.25) is 0 Å². The number of nitrogens with zero attached hydrogens (tertiary/aromatic N) is 2. The second-order valence-electron chi connectivity index (χ2n) is 3.39. The second kappa shape index (κ2) is 7.87. The fourth-order valence-electron chi connectivity index (χ4n) is 1.32. The topological polar surface area (TPSA) is 54.2 Å². The van der Waals surface area contributed by atoms with Gasteiger partial charge >= 0.3 is 0 Å². The number of phenols is 1. The zero-order valence-corrected chi connectivity index (χ0v) is 11.4. The summed E-state index contributed by atoms with van der Waals surface area (Å²) in [5.74, 6) is 0.630. The molecule has 2 aromatic rings. The number of ether oxygens (including phenoxy) is 1. The zero-order valence-electron chi connectivity index (χ0n) is 11.4. The van der Waals surface area contributed by atoms with Crippen molar-refractivity contribution in [1.29, 1.82) is 0 Å². The molecule has 1 N–H and O–H groups in total. The van der Waals surface area contributed by atoms with Crippen LogP contribution < -0.4 is 4.74 Å². The monoisotopic (exact) mass is 258 g/mol. The van der Waals surface area contributed by atoms with Gasteiger partial charge in [0.25, 0.3) is 0 Å². The highest BCUT2D eigenvalue weighted by Crippen LogP contribution is 2.31. The molecule has 0 heterocycles. The third-order valence-electron chi connectivity index (χ3n) is 2.21. The molecule has 0 bridgehead atoms. The van der Waals surface area contributed by atoms with Crippen molar-refractivity contribution in [3.63, 3.8) is 0 Å². The van der Waals surface area contributed by atoms with Gasteiger partial charge in [-0.1, -0.05) is 32.0 Å². The molecule has 0 radical (unpaired) electrons. The first kappa shape index (κ1) is 14.7. The van der Waals surface area contributed by atoms with Gasteiger partial charge in [-0.15, -0.1) is 5.11 Å². The van der Waals surface area contributed by atoms with Crippen LogP contribution >= 0.6 is 0 Å². The molecule has 4 nitrogen and oxygen atoms in total. The summed E-state index contributed by atoms with van der Waals surface area (Å²) in [5, 5.41) is 17.7. The Labute approximate surface area is 113 Å².